The smallest absolute Gasteiger partial charge is 0.188 e. The van der Waals surface area contributed by atoms with Gasteiger partial charge in [-0.2, -0.15) is 0 Å². The summed E-state index contributed by atoms with van der Waals surface area (Å²) in [6.07, 6.45) is 0.0740. The Morgan fingerprint density at radius 3 is 1.86 bits per heavy atom. The molecule has 0 amide bonds. The van der Waals surface area contributed by atoms with Gasteiger partial charge in [0, 0.05) is 13.1 Å². The van der Waals surface area contributed by atoms with Gasteiger partial charge < -0.3 is 23.5 Å². The monoisotopic (exact) mass is 496 g/mol. The van der Waals surface area contributed by atoms with Crippen LogP contribution < -0.4 is 9.47 Å². The van der Waals surface area contributed by atoms with E-state index in [9.17, 15) is 4.57 Å². The highest BCUT2D eigenvalue weighted by Gasteiger charge is 2.41. The van der Waals surface area contributed by atoms with Gasteiger partial charge in [0.2, 0.25) is 0 Å². The summed E-state index contributed by atoms with van der Waals surface area (Å²) in [6, 6.07) is 25.9. The van der Waals surface area contributed by atoms with Crippen molar-refractivity contribution < 1.29 is 28.0 Å². The van der Waals surface area contributed by atoms with E-state index < -0.39 is 13.6 Å². The quantitative estimate of drug-likeness (QED) is 0.266. The lowest BCUT2D eigenvalue weighted by molar-refractivity contribution is -0.0756. The lowest BCUT2D eigenvalue weighted by atomic mass is 9.80. The van der Waals surface area contributed by atoms with Crippen molar-refractivity contribution in [2.75, 3.05) is 27.5 Å². The number of methoxy groups -OCH3 is 2. The van der Waals surface area contributed by atoms with Gasteiger partial charge in [0.05, 0.1) is 33.0 Å². The van der Waals surface area contributed by atoms with Crippen LogP contribution in [-0.4, -0.2) is 45.8 Å². The SMILES string of the molecule is COc1ccc(C(OC[C@H]2O[C@@H](C)CC2O[PH](C)=O)(c2ccccc2)c2ccc(OC)cc2)cc1. The van der Waals surface area contributed by atoms with Crippen LogP contribution in [0.1, 0.15) is 30.0 Å². The minimum Gasteiger partial charge on any atom is -0.497 e. The van der Waals surface area contributed by atoms with E-state index in [1.54, 1.807) is 20.9 Å². The summed E-state index contributed by atoms with van der Waals surface area (Å²) in [7, 11) is 1.19. The average molecular weight is 497 g/mol. The van der Waals surface area contributed by atoms with Gasteiger partial charge in [-0.1, -0.05) is 54.6 Å². The molecule has 0 saturated carbocycles. The minimum absolute atomic E-state index is 0.00282. The zero-order valence-corrected chi connectivity index (χ0v) is 21.6. The zero-order chi connectivity index (χ0) is 24.8. The van der Waals surface area contributed by atoms with Crippen LogP contribution in [0.2, 0.25) is 0 Å². The number of rotatable bonds is 10. The summed E-state index contributed by atoms with van der Waals surface area (Å²) in [5.41, 5.74) is 1.93. The summed E-state index contributed by atoms with van der Waals surface area (Å²) >= 11 is 0. The third kappa shape index (κ3) is 5.62. The first-order valence-electron chi connectivity index (χ1n) is 11.8. The van der Waals surface area contributed by atoms with Crippen molar-refractivity contribution >= 4 is 8.03 Å². The predicted molar refractivity (Wildman–Crippen MR) is 137 cm³/mol. The first kappa shape index (κ1) is 25.5. The average Bonchev–Trinajstić information content (AvgIpc) is 3.23. The molecule has 35 heavy (non-hydrogen) atoms. The highest BCUT2D eigenvalue weighted by atomic mass is 31.1. The Labute approximate surface area is 208 Å². The molecule has 0 N–H and O–H groups in total. The molecule has 6 nitrogen and oxygen atoms in total. The fourth-order valence-electron chi connectivity index (χ4n) is 4.69. The second-order valence-electron chi connectivity index (χ2n) is 8.68. The largest absolute Gasteiger partial charge is 0.497 e. The van der Waals surface area contributed by atoms with Crippen molar-refractivity contribution in [1.82, 2.24) is 0 Å². The fourth-order valence-corrected chi connectivity index (χ4v) is 5.36. The normalized spacial score (nSPS) is 21.0. The first-order chi connectivity index (χ1) is 17.0. The molecule has 186 valence electrons. The Morgan fingerprint density at radius 2 is 1.37 bits per heavy atom. The fraction of sp³-hybridized carbons (Fsp3) is 0.357. The maximum Gasteiger partial charge on any atom is 0.188 e. The van der Waals surface area contributed by atoms with Gasteiger partial charge in [-0.25, -0.2) is 0 Å². The molecular weight excluding hydrogens is 463 g/mol. The van der Waals surface area contributed by atoms with Gasteiger partial charge in [-0.05, 0) is 47.9 Å². The predicted octanol–water partition coefficient (Wildman–Crippen LogP) is 5.68. The molecule has 7 heteroatoms. The molecule has 0 bridgehead atoms. The molecule has 4 rings (SSSR count). The van der Waals surface area contributed by atoms with Crippen LogP contribution in [0.4, 0.5) is 0 Å². The van der Waals surface area contributed by atoms with E-state index in [-0.39, 0.29) is 24.9 Å². The zero-order valence-electron chi connectivity index (χ0n) is 20.6. The van der Waals surface area contributed by atoms with Crippen molar-refractivity contribution in [1.29, 1.82) is 0 Å². The molecule has 1 aliphatic heterocycles. The van der Waals surface area contributed by atoms with Gasteiger partial charge in [0.25, 0.3) is 0 Å². The van der Waals surface area contributed by atoms with Crippen molar-refractivity contribution in [3.63, 3.8) is 0 Å². The molecule has 1 heterocycles. The van der Waals surface area contributed by atoms with Crippen LogP contribution in [0, 0.1) is 0 Å². The molecule has 3 aromatic carbocycles. The molecule has 3 aromatic rings. The molecule has 0 aliphatic carbocycles. The van der Waals surface area contributed by atoms with Gasteiger partial charge in [-0.3, -0.25) is 4.57 Å². The summed E-state index contributed by atoms with van der Waals surface area (Å²) in [5, 5.41) is 0. The van der Waals surface area contributed by atoms with Crippen molar-refractivity contribution in [2.45, 2.75) is 37.3 Å². The van der Waals surface area contributed by atoms with E-state index in [0.29, 0.717) is 6.42 Å². The molecule has 1 saturated heterocycles. The summed E-state index contributed by atoms with van der Waals surface area (Å²) in [6.45, 7) is 3.87. The Kier molecular flexibility index (Phi) is 8.30. The number of hydrogen-bond acceptors (Lipinski definition) is 6. The van der Waals surface area contributed by atoms with Gasteiger partial charge in [0.1, 0.15) is 23.2 Å². The Bertz CT molecular complexity index is 1050. The summed E-state index contributed by atoms with van der Waals surface area (Å²) in [5.74, 6) is 1.53. The molecule has 2 unspecified atom stereocenters. The maximum absolute atomic E-state index is 11.9. The van der Waals surface area contributed by atoms with E-state index in [2.05, 4.69) is 12.1 Å². The molecular formula is C28H33O6P. The maximum atomic E-state index is 11.9. The third-order valence-electron chi connectivity index (χ3n) is 6.34. The van der Waals surface area contributed by atoms with E-state index >= 15 is 0 Å². The number of benzene rings is 3. The lowest BCUT2D eigenvalue weighted by Crippen LogP contribution is -2.38. The first-order valence-corrected chi connectivity index (χ1v) is 13.6. The Balaban J connectivity index is 1.81. The highest BCUT2D eigenvalue weighted by Crippen LogP contribution is 2.42. The van der Waals surface area contributed by atoms with Crippen LogP contribution in [0.25, 0.3) is 0 Å². The van der Waals surface area contributed by atoms with Crippen molar-refractivity contribution in [3.05, 3.63) is 95.6 Å². The second kappa shape index (κ2) is 11.4. The highest BCUT2D eigenvalue weighted by molar-refractivity contribution is 7.38. The van der Waals surface area contributed by atoms with Crippen molar-refractivity contribution in [2.24, 2.45) is 0 Å². The topological polar surface area (TPSA) is 63.2 Å². The Morgan fingerprint density at radius 1 is 0.857 bits per heavy atom. The standard InChI is InChI=1S/C28H33O6P/c1-20-18-26(34-35(4)29)27(33-20)19-32-28(21-8-6-5-7-9-21,22-10-14-24(30-2)15-11-22)23-12-16-25(31-3)17-13-23/h5-17,20,26-27,35H,18-19H2,1-4H3/t20-,26?,27+/m0/s1. The van der Waals surface area contributed by atoms with Crippen LogP contribution in [-0.2, 0) is 24.2 Å². The van der Waals surface area contributed by atoms with Crippen LogP contribution in [0.15, 0.2) is 78.9 Å². The minimum atomic E-state index is -2.11. The molecule has 0 spiro atoms. The van der Waals surface area contributed by atoms with Crippen LogP contribution >= 0.6 is 8.03 Å². The summed E-state index contributed by atoms with van der Waals surface area (Å²) < 4.78 is 41.5. The molecule has 1 aliphatic rings. The number of hydrogen-bond donors (Lipinski definition) is 0. The number of ether oxygens (including phenoxy) is 4. The van der Waals surface area contributed by atoms with Crippen LogP contribution in [0.5, 0.6) is 11.5 Å². The Hall–Kier alpha value is -2.63. The van der Waals surface area contributed by atoms with Crippen LogP contribution in [0.3, 0.4) is 0 Å². The van der Waals surface area contributed by atoms with E-state index in [1.165, 1.54) is 0 Å². The third-order valence-corrected chi connectivity index (χ3v) is 6.98. The molecule has 0 aromatic heterocycles. The second-order valence-corrected chi connectivity index (χ2v) is 9.90. The summed E-state index contributed by atoms with van der Waals surface area (Å²) in [4.78, 5) is 0. The molecule has 4 atom stereocenters. The van der Waals surface area contributed by atoms with Gasteiger partial charge >= 0.3 is 0 Å². The van der Waals surface area contributed by atoms with E-state index in [4.69, 9.17) is 23.5 Å². The van der Waals surface area contributed by atoms with E-state index in [0.717, 1.165) is 28.2 Å². The molecule has 0 radical (unpaired) electrons. The van der Waals surface area contributed by atoms with Gasteiger partial charge in [0.15, 0.2) is 8.03 Å². The lowest BCUT2D eigenvalue weighted by Gasteiger charge is -2.37. The van der Waals surface area contributed by atoms with Crippen molar-refractivity contribution in [3.8, 4) is 11.5 Å². The molecule has 1 fully saturated rings. The van der Waals surface area contributed by atoms with E-state index in [1.807, 2.05) is 73.7 Å². The van der Waals surface area contributed by atoms with Gasteiger partial charge in [-0.15, -0.1) is 0 Å².